The molecule has 1 unspecified atom stereocenters. The predicted octanol–water partition coefficient (Wildman–Crippen LogP) is 3.88. The number of anilines is 1. The van der Waals surface area contributed by atoms with E-state index in [0.29, 0.717) is 12.5 Å². The topological polar surface area (TPSA) is 41.6 Å². The number of ether oxygens (including phenoxy) is 1. The van der Waals surface area contributed by atoms with Crippen molar-refractivity contribution in [2.24, 2.45) is 5.92 Å². The minimum absolute atomic E-state index is 0.246. The van der Waals surface area contributed by atoms with Crippen LogP contribution < -0.4 is 5.32 Å². The van der Waals surface area contributed by atoms with Crippen molar-refractivity contribution in [3.8, 4) is 0 Å². The van der Waals surface area contributed by atoms with Crippen LogP contribution in [0.4, 0.5) is 14.9 Å². The summed E-state index contributed by atoms with van der Waals surface area (Å²) in [4.78, 5) is 13.9. The number of amides is 1. The van der Waals surface area contributed by atoms with Crippen molar-refractivity contribution in [2.45, 2.75) is 39.2 Å². The highest BCUT2D eigenvalue weighted by Gasteiger charge is 2.27. The van der Waals surface area contributed by atoms with Crippen molar-refractivity contribution < 1.29 is 13.9 Å². The van der Waals surface area contributed by atoms with Gasteiger partial charge in [0.2, 0.25) is 0 Å². The van der Waals surface area contributed by atoms with Gasteiger partial charge >= 0.3 is 6.09 Å². The maximum absolute atomic E-state index is 13.1. The molecule has 22 heavy (non-hydrogen) atoms. The lowest BCUT2D eigenvalue weighted by atomic mass is 9.98. The molecule has 1 N–H and O–H groups in total. The van der Waals surface area contributed by atoms with Crippen LogP contribution in [0.2, 0.25) is 0 Å². The summed E-state index contributed by atoms with van der Waals surface area (Å²) in [5, 5.41) is 3.24. The molecule has 1 aromatic carbocycles. The number of carbonyl (C=O) groups excluding carboxylic acids is 1. The van der Waals surface area contributed by atoms with Crippen molar-refractivity contribution in [3.63, 3.8) is 0 Å². The average Bonchev–Trinajstić information content (AvgIpc) is 2.44. The number of likely N-dealkylation sites (tertiary alicyclic amines) is 1. The number of nitrogens with zero attached hydrogens (tertiary/aromatic N) is 1. The number of hydrogen-bond donors (Lipinski definition) is 1. The molecule has 0 aromatic heterocycles. The molecule has 1 amide bonds. The molecule has 1 saturated heterocycles. The van der Waals surface area contributed by atoms with E-state index in [0.717, 1.165) is 31.6 Å². The molecule has 1 heterocycles. The Kier molecular flexibility index (Phi) is 5.27. The molecule has 122 valence electrons. The summed E-state index contributed by atoms with van der Waals surface area (Å²) in [6.45, 7) is 7.76. The minimum Gasteiger partial charge on any atom is -0.444 e. The zero-order valence-corrected chi connectivity index (χ0v) is 13.6. The van der Waals surface area contributed by atoms with Gasteiger partial charge in [-0.1, -0.05) is 6.07 Å². The first kappa shape index (κ1) is 16.6. The van der Waals surface area contributed by atoms with E-state index in [1.165, 1.54) is 12.1 Å². The van der Waals surface area contributed by atoms with Crippen molar-refractivity contribution >= 4 is 11.8 Å². The summed E-state index contributed by atoms with van der Waals surface area (Å²) >= 11 is 0. The van der Waals surface area contributed by atoms with E-state index in [1.807, 2.05) is 26.8 Å². The van der Waals surface area contributed by atoms with Gasteiger partial charge in [-0.2, -0.15) is 0 Å². The van der Waals surface area contributed by atoms with Crippen LogP contribution in [-0.2, 0) is 4.74 Å². The molecule has 1 aliphatic heterocycles. The molecule has 1 aliphatic rings. The maximum Gasteiger partial charge on any atom is 0.410 e. The molecule has 0 saturated carbocycles. The summed E-state index contributed by atoms with van der Waals surface area (Å²) in [5.74, 6) is 0.105. The fourth-order valence-corrected chi connectivity index (χ4v) is 2.58. The number of benzene rings is 1. The molecular formula is C17H25FN2O2. The highest BCUT2D eigenvalue weighted by molar-refractivity contribution is 5.68. The Morgan fingerprint density at radius 1 is 1.45 bits per heavy atom. The molecule has 1 aromatic rings. The number of carbonyl (C=O) groups is 1. The number of rotatable bonds is 3. The van der Waals surface area contributed by atoms with Crippen molar-refractivity contribution in [3.05, 3.63) is 30.1 Å². The van der Waals surface area contributed by atoms with Gasteiger partial charge in [0.05, 0.1) is 0 Å². The Morgan fingerprint density at radius 2 is 2.23 bits per heavy atom. The van der Waals surface area contributed by atoms with E-state index in [4.69, 9.17) is 4.74 Å². The quantitative estimate of drug-likeness (QED) is 0.921. The predicted molar refractivity (Wildman–Crippen MR) is 85.4 cm³/mol. The van der Waals surface area contributed by atoms with Gasteiger partial charge < -0.3 is 15.0 Å². The Labute approximate surface area is 131 Å². The first-order valence-electron chi connectivity index (χ1n) is 7.81. The molecule has 0 bridgehead atoms. The molecule has 2 rings (SSSR count). The molecule has 1 atom stereocenters. The van der Waals surface area contributed by atoms with Gasteiger partial charge in [0.1, 0.15) is 11.4 Å². The third-order valence-electron chi connectivity index (χ3n) is 3.59. The maximum atomic E-state index is 13.1. The fraction of sp³-hybridized carbons (Fsp3) is 0.588. The van der Waals surface area contributed by atoms with Gasteiger partial charge in [-0.05, 0) is 57.7 Å². The lowest BCUT2D eigenvalue weighted by molar-refractivity contribution is 0.0172. The van der Waals surface area contributed by atoms with Crippen LogP contribution in [0.15, 0.2) is 24.3 Å². The summed E-state index contributed by atoms with van der Waals surface area (Å²) in [5.41, 5.74) is 0.304. The van der Waals surface area contributed by atoms with Crippen molar-refractivity contribution in [2.75, 3.05) is 25.0 Å². The van der Waals surface area contributed by atoms with Gasteiger partial charge in [-0.25, -0.2) is 9.18 Å². The molecule has 1 fully saturated rings. The van der Waals surface area contributed by atoms with Gasteiger partial charge in [0, 0.05) is 25.3 Å². The highest BCUT2D eigenvalue weighted by Crippen LogP contribution is 2.20. The Morgan fingerprint density at radius 3 is 2.91 bits per heavy atom. The molecule has 0 spiro atoms. The van der Waals surface area contributed by atoms with E-state index >= 15 is 0 Å². The van der Waals surface area contributed by atoms with Crippen LogP contribution >= 0.6 is 0 Å². The largest absolute Gasteiger partial charge is 0.444 e. The molecular weight excluding hydrogens is 283 g/mol. The smallest absolute Gasteiger partial charge is 0.410 e. The fourth-order valence-electron chi connectivity index (χ4n) is 2.58. The van der Waals surface area contributed by atoms with E-state index in [1.54, 1.807) is 11.0 Å². The van der Waals surface area contributed by atoms with E-state index in [2.05, 4.69) is 5.32 Å². The second-order valence-electron chi connectivity index (χ2n) is 6.83. The summed E-state index contributed by atoms with van der Waals surface area (Å²) in [7, 11) is 0. The van der Waals surface area contributed by atoms with Crippen LogP contribution in [-0.4, -0.2) is 36.2 Å². The second-order valence-corrected chi connectivity index (χ2v) is 6.83. The van der Waals surface area contributed by atoms with Crippen molar-refractivity contribution in [1.82, 2.24) is 4.90 Å². The number of nitrogens with one attached hydrogen (secondary N) is 1. The molecule has 0 aliphatic carbocycles. The Hall–Kier alpha value is -1.78. The minimum atomic E-state index is -0.468. The lowest BCUT2D eigenvalue weighted by Crippen LogP contribution is -2.44. The normalized spacial score (nSPS) is 18.9. The molecule has 4 nitrogen and oxygen atoms in total. The number of hydrogen-bond acceptors (Lipinski definition) is 3. The zero-order valence-electron chi connectivity index (χ0n) is 13.6. The Balaban J connectivity index is 1.84. The van der Waals surface area contributed by atoms with E-state index in [9.17, 15) is 9.18 Å². The van der Waals surface area contributed by atoms with Crippen LogP contribution in [0.1, 0.15) is 33.6 Å². The van der Waals surface area contributed by atoms with Crippen LogP contribution in [0, 0.1) is 11.7 Å². The summed E-state index contributed by atoms with van der Waals surface area (Å²) in [6, 6.07) is 6.44. The van der Waals surface area contributed by atoms with Gasteiger partial charge in [0.25, 0.3) is 0 Å². The molecule has 5 heteroatoms. The SMILES string of the molecule is CC(C)(C)OC(=O)N1CCCC(CNc2cccc(F)c2)C1. The number of halogens is 1. The van der Waals surface area contributed by atoms with Crippen LogP contribution in [0.25, 0.3) is 0 Å². The van der Waals surface area contributed by atoms with Crippen molar-refractivity contribution in [1.29, 1.82) is 0 Å². The first-order chi connectivity index (χ1) is 10.3. The van der Waals surface area contributed by atoms with Gasteiger partial charge in [0.15, 0.2) is 0 Å². The standard InChI is InChI=1S/C17H25FN2O2/c1-17(2,3)22-16(21)20-9-5-6-13(12-20)11-19-15-8-4-7-14(18)10-15/h4,7-8,10,13,19H,5-6,9,11-12H2,1-3H3. The van der Waals surface area contributed by atoms with Gasteiger partial charge in [-0.3, -0.25) is 0 Å². The van der Waals surface area contributed by atoms with E-state index in [-0.39, 0.29) is 11.9 Å². The second kappa shape index (κ2) is 6.99. The van der Waals surface area contributed by atoms with E-state index < -0.39 is 5.60 Å². The first-order valence-corrected chi connectivity index (χ1v) is 7.81. The summed E-state index contributed by atoms with van der Waals surface area (Å²) < 4.78 is 18.6. The average molecular weight is 308 g/mol. The molecule has 0 radical (unpaired) electrons. The highest BCUT2D eigenvalue weighted by atomic mass is 19.1. The van der Waals surface area contributed by atoms with Gasteiger partial charge in [-0.15, -0.1) is 0 Å². The lowest BCUT2D eigenvalue weighted by Gasteiger charge is -2.34. The monoisotopic (exact) mass is 308 g/mol. The number of piperidine rings is 1. The third kappa shape index (κ3) is 5.20. The van der Waals surface area contributed by atoms with Crippen LogP contribution in [0.3, 0.4) is 0 Å². The third-order valence-corrected chi connectivity index (χ3v) is 3.59. The summed E-state index contributed by atoms with van der Waals surface area (Å²) in [6.07, 6.45) is 1.78. The zero-order chi connectivity index (χ0) is 16.2. The van der Waals surface area contributed by atoms with Crippen LogP contribution in [0.5, 0.6) is 0 Å². The Bertz CT molecular complexity index is 514.